The normalized spacial score (nSPS) is 16.9. The minimum atomic E-state index is -0.315. The molecule has 1 atom stereocenters. The quantitative estimate of drug-likeness (QED) is 0.906. The van der Waals surface area contributed by atoms with Crippen molar-refractivity contribution in [2.75, 3.05) is 6.61 Å². The Morgan fingerprint density at radius 2 is 2.05 bits per heavy atom. The van der Waals surface area contributed by atoms with Gasteiger partial charge in [-0.3, -0.25) is 9.36 Å². The van der Waals surface area contributed by atoms with Gasteiger partial charge in [0.25, 0.3) is 5.56 Å². The Kier molecular flexibility index (Phi) is 3.85. The van der Waals surface area contributed by atoms with Gasteiger partial charge < -0.3 is 14.6 Å². The average Bonchev–Trinajstić information content (AvgIpc) is 2.55. The van der Waals surface area contributed by atoms with Crippen LogP contribution in [0.15, 0.2) is 40.1 Å². The summed E-state index contributed by atoms with van der Waals surface area (Å²) in [6.45, 7) is 1.07. The SMILES string of the molecule is Cn1cc(CNC2CCOc3ccccc32)c(=O)n(C)c1=O. The smallest absolute Gasteiger partial charge is 0.330 e. The number of benzene rings is 1. The zero-order chi connectivity index (χ0) is 15.7. The second kappa shape index (κ2) is 5.81. The molecule has 2 heterocycles. The lowest BCUT2D eigenvalue weighted by molar-refractivity contribution is 0.252. The van der Waals surface area contributed by atoms with Crippen molar-refractivity contribution in [2.45, 2.75) is 19.0 Å². The van der Waals surface area contributed by atoms with Crippen molar-refractivity contribution in [2.24, 2.45) is 14.1 Å². The number of nitrogens with zero attached hydrogens (tertiary/aromatic N) is 2. The molecule has 0 bridgehead atoms. The van der Waals surface area contributed by atoms with Crippen molar-refractivity contribution < 1.29 is 4.74 Å². The van der Waals surface area contributed by atoms with Gasteiger partial charge in [-0.15, -0.1) is 0 Å². The third-order valence-electron chi connectivity index (χ3n) is 4.01. The first-order valence-corrected chi connectivity index (χ1v) is 7.28. The Morgan fingerprint density at radius 1 is 1.27 bits per heavy atom. The minimum Gasteiger partial charge on any atom is -0.493 e. The standard InChI is InChI=1S/C16H19N3O3/c1-18-10-11(15(20)19(2)16(18)21)9-17-13-7-8-22-14-6-4-3-5-12(13)14/h3-6,10,13,17H,7-9H2,1-2H3. The third kappa shape index (κ3) is 2.57. The molecule has 1 aromatic heterocycles. The van der Waals surface area contributed by atoms with Crippen LogP contribution in [-0.2, 0) is 20.6 Å². The van der Waals surface area contributed by atoms with Crippen molar-refractivity contribution in [1.29, 1.82) is 0 Å². The van der Waals surface area contributed by atoms with Gasteiger partial charge in [0.05, 0.1) is 6.61 Å². The monoisotopic (exact) mass is 301 g/mol. The maximum Gasteiger partial charge on any atom is 0.330 e. The second-order valence-corrected chi connectivity index (χ2v) is 5.52. The van der Waals surface area contributed by atoms with Gasteiger partial charge in [0.15, 0.2) is 0 Å². The molecule has 0 spiro atoms. The molecule has 3 rings (SSSR count). The van der Waals surface area contributed by atoms with Crippen molar-refractivity contribution >= 4 is 0 Å². The molecular weight excluding hydrogens is 282 g/mol. The topological polar surface area (TPSA) is 65.3 Å². The Hall–Kier alpha value is -2.34. The van der Waals surface area contributed by atoms with Gasteiger partial charge in [0, 0.05) is 50.4 Å². The first-order chi connectivity index (χ1) is 10.6. The number of aryl methyl sites for hydroxylation is 1. The summed E-state index contributed by atoms with van der Waals surface area (Å²) in [5.74, 6) is 0.889. The van der Waals surface area contributed by atoms with Crippen LogP contribution in [0.4, 0.5) is 0 Å². The minimum absolute atomic E-state index is 0.145. The molecule has 1 aliphatic rings. The zero-order valence-electron chi connectivity index (χ0n) is 12.7. The zero-order valence-corrected chi connectivity index (χ0v) is 12.7. The van der Waals surface area contributed by atoms with Gasteiger partial charge in [-0.1, -0.05) is 18.2 Å². The van der Waals surface area contributed by atoms with E-state index in [0.29, 0.717) is 18.7 Å². The van der Waals surface area contributed by atoms with Crippen molar-refractivity contribution in [3.8, 4) is 5.75 Å². The van der Waals surface area contributed by atoms with Crippen molar-refractivity contribution in [3.05, 3.63) is 62.4 Å². The fourth-order valence-electron chi connectivity index (χ4n) is 2.79. The van der Waals surface area contributed by atoms with Crippen LogP contribution < -0.4 is 21.3 Å². The van der Waals surface area contributed by atoms with E-state index in [-0.39, 0.29) is 17.3 Å². The summed E-state index contributed by atoms with van der Waals surface area (Å²) < 4.78 is 8.19. The maximum absolute atomic E-state index is 12.1. The maximum atomic E-state index is 12.1. The molecule has 0 aliphatic carbocycles. The number of ether oxygens (including phenoxy) is 1. The highest BCUT2D eigenvalue weighted by molar-refractivity contribution is 5.37. The lowest BCUT2D eigenvalue weighted by Gasteiger charge is -2.26. The molecule has 2 aromatic rings. The summed E-state index contributed by atoms with van der Waals surface area (Å²) >= 11 is 0. The number of hydrogen-bond donors (Lipinski definition) is 1. The number of hydrogen-bond acceptors (Lipinski definition) is 4. The summed E-state index contributed by atoms with van der Waals surface area (Å²) in [5.41, 5.74) is 1.12. The Labute approximate surface area is 128 Å². The van der Waals surface area contributed by atoms with Gasteiger partial charge in [-0.25, -0.2) is 4.79 Å². The average molecular weight is 301 g/mol. The molecule has 0 saturated carbocycles. The van der Waals surface area contributed by atoms with E-state index in [1.807, 2.05) is 24.3 Å². The van der Waals surface area contributed by atoms with Crippen LogP contribution in [0.2, 0.25) is 0 Å². The highest BCUT2D eigenvalue weighted by Crippen LogP contribution is 2.31. The van der Waals surface area contributed by atoms with E-state index in [0.717, 1.165) is 22.3 Å². The van der Waals surface area contributed by atoms with Gasteiger partial charge in [0.2, 0.25) is 0 Å². The predicted molar refractivity (Wildman–Crippen MR) is 83.1 cm³/mol. The van der Waals surface area contributed by atoms with E-state index < -0.39 is 0 Å². The summed E-state index contributed by atoms with van der Waals surface area (Å²) in [6.07, 6.45) is 2.45. The lowest BCUT2D eigenvalue weighted by Crippen LogP contribution is -2.40. The van der Waals surface area contributed by atoms with E-state index >= 15 is 0 Å². The fourth-order valence-corrected chi connectivity index (χ4v) is 2.79. The largest absolute Gasteiger partial charge is 0.493 e. The van der Waals surface area contributed by atoms with E-state index in [2.05, 4.69) is 5.32 Å². The Bertz CT molecular complexity index is 807. The van der Waals surface area contributed by atoms with E-state index in [1.165, 1.54) is 11.6 Å². The molecule has 1 unspecified atom stereocenters. The van der Waals surface area contributed by atoms with Crippen LogP contribution in [0.5, 0.6) is 5.75 Å². The molecular formula is C16H19N3O3. The Morgan fingerprint density at radius 3 is 2.86 bits per heavy atom. The van der Waals surface area contributed by atoms with Crippen molar-refractivity contribution in [3.63, 3.8) is 0 Å². The number of para-hydroxylation sites is 1. The van der Waals surface area contributed by atoms with Crippen LogP contribution in [0.1, 0.15) is 23.6 Å². The van der Waals surface area contributed by atoms with E-state index in [9.17, 15) is 9.59 Å². The van der Waals surface area contributed by atoms with Gasteiger partial charge >= 0.3 is 5.69 Å². The predicted octanol–water partition coefficient (Wildman–Crippen LogP) is 0.697. The highest BCUT2D eigenvalue weighted by Gasteiger charge is 2.20. The summed E-state index contributed by atoms with van der Waals surface area (Å²) in [5, 5.41) is 3.40. The molecule has 6 nitrogen and oxygen atoms in total. The molecule has 6 heteroatoms. The van der Waals surface area contributed by atoms with Crippen LogP contribution in [0.25, 0.3) is 0 Å². The van der Waals surface area contributed by atoms with Crippen LogP contribution >= 0.6 is 0 Å². The number of rotatable bonds is 3. The summed E-state index contributed by atoms with van der Waals surface area (Å²) in [6, 6.07) is 8.06. The van der Waals surface area contributed by atoms with Gasteiger partial charge in [0.1, 0.15) is 5.75 Å². The van der Waals surface area contributed by atoms with Crippen LogP contribution in [-0.4, -0.2) is 15.7 Å². The Balaban J connectivity index is 1.83. The van der Waals surface area contributed by atoms with E-state index in [4.69, 9.17) is 4.74 Å². The van der Waals surface area contributed by atoms with Gasteiger partial charge in [-0.2, -0.15) is 0 Å². The molecule has 0 fully saturated rings. The third-order valence-corrected chi connectivity index (χ3v) is 4.01. The first-order valence-electron chi connectivity index (χ1n) is 7.28. The molecule has 1 N–H and O–H groups in total. The van der Waals surface area contributed by atoms with Crippen LogP contribution in [0.3, 0.4) is 0 Å². The second-order valence-electron chi connectivity index (χ2n) is 5.52. The highest BCUT2D eigenvalue weighted by atomic mass is 16.5. The van der Waals surface area contributed by atoms with Crippen LogP contribution in [0, 0.1) is 0 Å². The lowest BCUT2D eigenvalue weighted by atomic mass is 10.0. The first kappa shape index (κ1) is 14.6. The van der Waals surface area contributed by atoms with Gasteiger partial charge in [-0.05, 0) is 6.07 Å². The molecule has 1 aliphatic heterocycles. The number of aromatic nitrogens is 2. The molecule has 1 aromatic carbocycles. The summed E-state index contributed by atoms with van der Waals surface area (Å²) in [7, 11) is 3.15. The number of fused-ring (bicyclic) bond motifs is 1. The molecule has 0 saturated heterocycles. The van der Waals surface area contributed by atoms with Crippen molar-refractivity contribution in [1.82, 2.24) is 14.5 Å². The molecule has 22 heavy (non-hydrogen) atoms. The molecule has 0 amide bonds. The molecule has 0 radical (unpaired) electrons. The fraction of sp³-hybridized carbons (Fsp3) is 0.375. The van der Waals surface area contributed by atoms with E-state index in [1.54, 1.807) is 13.2 Å². The molecule has 116 valence electrons. The number of nitrogens with one attached hydrogen (secondary N) is 1. The summed E-state index contributed by atoms with van der Waals surface area (Å²) in [4.78, 5) is 23.8.